The van der Waals surface area contributed by atoms with Gasteiger partial charge in [0.2, 0.25) is 0 Å². The lowest BCUT2D eigenvalue weighted by atomic mass is 10.3. The number of halogens is 3. The average Bonchev–Trinajstić information content (AvgIpc) is 1.85. The molecule has 0 saturated heterocycles. The van der Waals surface area contributed by atoms with Crippen molar-refractivity contribution >= 4 is 40.8 Å². The Hall–Kier alpha value is -0.520. The smallest absolute Gasteiger partial charge is 0.385 e. The second-order valence-corrected chi connectivity index (χ2v) is 2.99. The summed E-state index contributed by atoms with van der Waals surface area (Å²) < 4.78 is -0.624. The Balaban J connectivity index is 4.90. The molecule has 5 nitrogen and oxygen atoms in total. The van der Waals surface area contributed by atoms with Crippen LogP contribution in [0.2, 0.25) is 0 Å². The minimum Gasteiger partial charge on any atom is -0.476 e. The fourth-order valence-corrected chi connectivity index (χ4v) is 0.774. The van der Waals surface area contributed by atoms with Crippen LogP contribution < -0.4 is 0 Å². The third kappa shape index (κ3) is 2.84. The molecule has 0 rings (SSSR count). The van der Waals surface area contributed by atoms with Gasteiger partial charge in [0.25, 0.3) is 0 Å². The first-order valence-corrected chi connectivity index (χ1v) is 3.58. The molecule has 0 fully saturated rings. The molecule has 0 aromatic carbocycles. The van der Waals surface area contributed by atoms with E-state index in [1.165, 1.54) is 0 Å². The first kappa shape index (κ1) is 11.5. The lowest BCUT2D eigenvalue weighted by Crippen LogP contribution is -2.29. The molecule has 0 aliphatic rings. The minimum atomic E-state index is -2.10. The van der Waals surface area contributed by atoms with Crippen molar-refractivity contribution in [3.63, 3.8) is 0 Å². The molecular weight excluding hydrogens is 232 g/mol. The van der Waals surface area contributed by atoms with E-state index in [-0.39, 0.29) is 0 Å². The highest BCUT2D eigenvalue weighted by atomic mass is 35.5. The number of carboxylic acid groups (broad SMARTS) is 1. The zero-order chi connectivity index (χ0) is 9.89. The van der Waals surface area contributed by atoms with Crippen molar-refractivity contribution in [2.75, 3.05) is 0 Å². The van der Waals surface area contributed by atoms with Gasteiger partial charge in [-0.3, -0.25) is 10.1 Å². The van der Waals surface area contributed by atoms with Crippen LogP contribution in [0.3, 0.4) is 0 Å². The van der Waals surface area contributed by atoms with Crippen LogP contribution in [0.5, 0.6) is 0 Å². The van der Waals surface area contributed by atoms with E-state index in [9.17, 15) is 14.9 Å². The molecule has 8 heteroatoms. The van der Waals surface area contributed by atoms with E-state index >= 15 is 0 Å². The van der Waals surface area contributed by atoms with E-state index in [1.54, 1.807) is 0 Å². The first-order valence-electron chi connectivity index (χ1n) is 2.45. The molecule has 0 aromatic rings. The van der Waals surface area contributed by atoms with Gasteiger partial charge >= 0.3 is 12.0 Å². The van der Waals surface area contributed by atoms with Crippen LogP contribution >= 0.6 is 34.8 Å². The molecule has 12 heavy (non-hydrogen) atoms. The zero-order valence-corrected chi connectivity index (χ0v) is 7.60. The first-order chi connectivity index (χ1) is 5.37. The van der Waals surface area contributed by atoms with Gasteiger partial charge < -0.3 is 5.11 Å². The van der Waals surface area contributed by atoms with Crippen LogP contribution in [0.1, 0.15) is 0 Å². The van der Waals surface area contributed by atoms with Crippen molar-refractivity contribution in [2.45, 2.75) is 6.04 Å². The number of aliphatic carboxylic acids is 1. The number of hydrogen-bond donors (Lipinski definition) is 1. The van der Waals surface area contributed by atoms with Crippen molar-refractivity contribution in [3.8, 4) is 0 Å². The third-order valence-electron chi connectivity index (χ3n) is 0.865. The highest BCUT2D eigenvalue weighted by molar-refractivity contribution is 6.59. The van der Waals surface area contributed by atoms with Crippen molar-refractivity contribution in [3.05, 3.63) is 19.6 Å². The number of nitrogens with zero attached hydrogens (tertiary/aromatic N) is 1. The Bertz CT molecular complexity index is 233. The molecule has 0 unspecified atom stereocenters. The van der Waals surface area contributed by atoms with Crippen molar-refractivity contribution in [1.82, 2.24) is 0 Å². The van der Waals surface area contributed by atoms with Crippen LogP contribution in [0.4, 0.5) is 0 Å². The molecule has 0 aliphatic carbocycles. The van der Waals surface area contributed by atoms with Gasteiger partial charge in [0.1, 0.15) is 9.52 Å². The van der Waals surface area contributed by atoms with Crippen LogP contribution in [-0.4, -0.2) is 22.0 Å². The largest absolute Gasteiger partial charge is 0.476 e. The van der Waals surface area contributed by atoms with E-state index in [4.69, 9.17) is 39.9 Å². The molecule has 1 atom stereocenters. The molecule has 0 aliphatic heterocycles. The van der Waals surface area contributed by atoms with E-state index in [1.807, 2.05) is 0 Å². The number of hydrogen-bond acceptors (Lipinski definition) is 3. The molecule has 0 spiro atoms. The van der Waals surface area contributed by atoms with Gasteiger partial charge in [0.05, 0.1) is 0 Å². The highest BCUT2D eigenvalue weighted by Gasteiger charge is 2.34. The van der Waals surface area contributed by atoms with Gasteiger partial charge in [-0.15, -0.1) is 0 Å². The lowest BCUT2D eigenvalue weighted by molar-refractivity contribution is -0.498. The summed E-state index contributed by atoms with van der Waals surface area (Å²) in [7, 11) is 0. The SMILES string of the molecule is O=C(O)[C@@H](C(Cl)=C(Cl)Cl)[N+](=O)[O-]. The van der Waals surface area contributed by atoms with Crippen molar-refractivity contribution in [2.24, 2.45) is 0 Å². The summed E-state index contributed by atoms with van der Waals surface area (Å²) in [4.78, 5) is 19.2. The van der Waals surface area contributed by atoms with E-state index < -0.39 is 26.5 Å². The topological polar surface area (TPSA) is 80.4 Å². The molecular formula is C4H2Cl3NO4. The number of carboxylic acids is 1. The minimum absolute atomic E-state index is 0.624. The lowest BCUT2D eigenvalue weighted by Gasteiger charge is -2.01. The van der Waals surface area contributed by atoms with Gasteiger partial charge in [0.15, 0.2) is 0 Å². The fraction of sp³-hybridized carbons (Fsp3) is 0.250. The maximum absolute atomic E-state index is 10.2. The molecule has 0 amide bonds. The maximum atomic E-state index is 10.2. The molecule has 0 radical (unpaired) electrons. The van der Waals surface area contributed by atoms with Crippen LogP contribution in [0.15, 0.2) is 9.52 Å². The molecule has 68 valence electrons. The molecule has 1 N–H and O–H groups in total. The maximum Gasteiger partial charge on any atom is 0.385 e. The van der Waals surface area contributed by atoms with Crippen LogP contribution in [0.25, 0.3) is 0 Å². The van der Waals surface area contributed by atoms with Crippen molar-refractivity contribution in [1.29, 1.82) is 0 Å². The number of nitro groups is 1. The number of carbonyl (C=O) groups is 1. The standard InChI is InChI=1S/C4H2Cl3NO4/c5-1(3(6)7)2(4(9)10)8(11)12/h2H,(H,9,10)/t2-/m1/s1. The van der Waals surface area contributed by atoms with Gasteiger partial charge in [-0.2, -0.15) is 0 Å². The number of rotatable bonds is 3. The monoisotopic (exact) mass is 233 g/mol. The quantitative estimate of drug-likeness (QED) is 0.594. The van der Waals surface area contributed by atoms with Gasteiger partial charge in [-0.25, -0.2) is 4.79 Å². The zero-order valence-electron chi connectivity index (χ0n) is 5.33. The second-order valence-electron chi connectivity index (χ2n) is 1.63. The summed E-state index contributed by atoms with van der Waals surface area (Å²) in [6.07, 6.45) is 0. The Kier molecular flexibility index (Phi) is 4.30. The van der Waals surface area contributed by atoms with Crippen LogP contribution in [0, 0.1) is 10.1 Å². The Morgan fingerprint density at radius 1 is 1.42 bits per heavy atom. The summed E-state index contributed by atoms with van der Waals surface area (Å²) in [5, 5.41) is 17.6. The third-order valence-corrected chi connectivity index (χ3v) is 1.86. The molecule has 0 aromatic heterocycles. The summed E-state index contributed by atoms with van der Waals surface area (Å²) >= 11 is 15.3. The van der Waals surface area contributed by atoms with Crippen molar-refractivity contribution < 1.29 is 14.8 Å². The average molecular weight is 234 g/mol. The van der Waals surface area contributed by atoms with E-state index in [2.05, 4.69) is 0 Å². The predicted octanol–water partition coefficient (Wildman–Crippen LogP) is 1.60. The predicted molar refractivity (Wildman–Crippen MR) is 43.0 cm³/mol. The van der Waals surface area contributed by atoms with Gasteiger partial charge in [-0.05, 0) is 0 Å². The summed E-state index contributed by atoms with van der Waals surface area (Å²) in [6, 6.07) is -2.10. The van der Waals surface area contributed by atoms with Gasteiger partial charge in [0, 0.05) is 4.92 Å². The second kappa shape index (κ2) is 4.49. The Labute approximate surface area is 81.7 Å². The highest BCUT2D eigenvalue weighted by Crippen LogP contribution is 2.22. The van der Waals surface area contributed by atoms with Crippen LogP contribution in [-0.2, 0) is 4.79 Å². The van der Waals surface area contributed by atoms with Gasteiger partial charge in [-0.1, -0.05) is 34.8 Å². The summed E-state index contributed by atoms with van der Waals surface area (Å²) in [6.45, 7) is 0. The Morgan fingerprint density at radius 2 is 1.83 bits per heavy atom. The van der Waals surface area contributed by atoms with E-state index in [0.717, 1.165) is 0 Å². The van der Waals surface area contributed by atoms with E-state index in [0.29, 0.717) is 0 Å². The Morgan fingerprint density at radius 3 is 1.92 bits per heavy atom. The molecule has 0 saturated carbocycles. The molecule has 0 heterocycles. The summed E-state index contributed by atoms with van der Waals surface area (Å²) in [5.74, 6) is -1.72. The fourth-order valence-electron chi connectivity index (χ4n) is 0.394. The molecule has 0 bridgehead atoms. The normalized spacial score (nSPS) is 11.9. The summed E-state index contributed by atoms with van der Waals surface area (Å²) in [5.41, 5.74) is 0.